The van der Waals surface area contributed by atoms with Gasteiger partial charge in [0.05, 0.1) is 19.3 Å². The van der Waals surface area contributed by atoms with Gasteiger partial charge >= 0.3 is 0 Å². The number of benzene rings is 3. The Kier molecular flexibility index (Phi) is 12.4. The number of methoxy groups -OCH3 is 1. The predicted octanol–water partition coefficient (Wildman–Crippen LogP) is 5.68. The van der Waals surface area contributed by atoms with Crippen LogP contribution < -0.4 is 4.74 Å². The molecule has 4 rings (SSSR count). The molecule has 0 saturated carbocycles. The first-order valence-electron chi connectivity index (χ1n) is 11.4. The molecule has 0 bridgehead atoms. The van der Waals surface area contributed by atoms with E-state index in [1.807, 2.05) is 24.3 Å². The molecule has 1 N–H and O–H groups in total. The number of hydrogen-bond acceptors (Lipinski definition) is 5. The average molecular weight is 558 g/mol. The summed E-state index contributed by atoms with van der Waals surface area (Å²) in [5, 5.41) is 10.6. The number of β-amino-alcohol motifs (C(OH)–C–C–N with tert-alkyl or cyclic N) is 1. The lowest BCUT2D eigenvalue weighted by Crippen LogP contribution is -2.50. The number of hydrogen-bond donors (Lipinski definition) is 1. The van der Waals surface area contributed by atoms with Crippen LogP contribution in [0.4, 0.5) is 8.78 Å². The molecule has 1 aliphatic rings. The lowest BCUT2D eigenvalue weighted by molar-refractivity contribution is 0.0708. The topological polar surface area (TPSA) is 35.9 Å². The normalized spacial score (nSPS) is 15.1. The zero-order valence-electron chi connectivity index (χ0n) is 20.1. The lowest BCUT2D eigenvalue weighted by Gasteiger charge is -2.40. The minimum absolute atomic E-state index is 0. The van der Waals surface area contributed by atoms with Crippen molar-refractivity contribution in [2.24, 2.45) is 0 Å². The highest BCUT2D eigenvalue weighted by molar-refractivity contribution is 7.99. The molecular weight excluding hydrogens is 525 g/mol. The number of nitrogens with zero attached hydrogens (tertiary/aromatic N) is 2. The number of thioether (sulfide) groups is 1. The van der Waals surface area contributed by atoms with Crippen molar-refractivity contribution < 1.29 is 18.6 Å². The number of piperazine rings is 1. The maximum absolute atomic E-state index is 13.5. The molecule has 1 unspecified atom stereocenters. The third kappa shape index (κ3) is 8.07. The monoisotopic (exact) mass is 556 g/mol. The molecule has 0 spiro atoms. The fraction of sp³-hybridized carbons (Fsp3) is 0.333. The summed E-state index contributed by atoms with van der Waals surface area (Å²) in [5.41, 5.74) is 1.96. The molecule has 9 heteroatoms. The largest absolute Gasteiger partial charge is 0.496 e. The van der Waals surface area contributed by atoms with Gasteiger partial charge in [-0.15, -0.1) is 36.6 Å². The van der Waals surface area contributed by atoms with E-state index in [9.17, 15) is 13.9 Å². The van der Waals surface area contributed by atoms with Crippen LogP contribution in [0, 0.1) is 11.6 Å². The van der Waals surface area contributed by atoms with Crippen LogP contribution in [0.3, 0.4) is 0 Å². The summed E-state index contributed by atoms with van der Waals surface area (Å²) in [6, 6.07) is 20.8. The van der Waals surface area contributed by atoms with Gasteiger partial charge in [-0.3, -0.25) is 9.80 Å². The molecule has 0 aromatic heterocycles. The molecule has 1 atom stereocenters. The zero-order valence-corrected chi connectivity index (χ0v) is 22.5. The summed E-state index contributed by atoms with van der Waals surface area (Å²) in [6.45, 7) is 3.83. The molecular formula is C27H32Cl2F2N2O2S. The van der Waals surface area contributed by atoms with Crippen LogP contribution in [0.25, 0.3) is 0 Å². The van der Waals surface area contributed by atoms with Crippen LogP contribution in [0.1, 0.15) is 17.2 Å². The quantitative estimate of drug-likeness (QED) is 0.343. The van der Waals surface area contributed by atoms with Crippen LogP contribution in [0.5, 0.6) is 5.75 Å². The zero-order chi connectivity index (χ0) is 23.9. The third-order valence-electron chi connectivity index (χ3n) is 6.11. The summed E-state index contributed by atoms with van der Waals surface area (Å²) in [4.78, 5) is 5.64. The SMILES string of the molecule is COc1ccccc1SCC(O)CN1CCN(C(c2ccc(F)cc2)c2ccc(F)cc2)CC1.Cl.Cl. The van der Waals surface area contributed by atoms with Crippen molar-refractivity contribution in [2.45, 2.75) is 17.0 Å². The minimum atomic E-state index is -0.452. The summed E-state index contributed by atoms with van der Waals surface area (Å²) < 4.78 is 32.5. The number of halogens is 4. The van der Waals surface area contributed by atoms with Crippen LogP contribution in [-0.2, 0) is 0 Å². The number of ether oxygens (including phenoxy) is 1. The fourth-order valence-electron chi connectivity index (χ4n) is 4.38. The van der Waals surface area contributed by atoms with Crippen molar-refractivity contribution >= 4 is 36.6 Å². The van der Waals surface area contributed by atoms with Crippen molar-refractivity contribution in [3.8, 4) is 5.75 Å². The van der Waals surface area contributed by atoms with E-state index >= 15 is 0 Å². The van der Waals surface area contributed by atoms with Gasteiger partial charge in [-0.2, -0.15) is 0 Å². The molecule has 1 saturated heterocycles. The van der Waals surface area contributed by atoms with Gasteiger partial charge in [-0.1, -0.05) is 36.4 Å². The van der Waals surface area contributed by atoms with E-state index in [1.54, 1.807) is 43.1 Å². The summed E-state index contributed by atoms with van der Waals surface area (Å²) in [7, 11) is 1.65. The molecule has 196 valence electrons. The molecule has 3 aromatic carbocycles. The highest BCUT2D eigenvalue weighted by Crippen LogP contribution is 2.31. The van der Waals surface area contributed by atoms with E-state index in [1.165, 1.54) is 24.3 Å². The molecule has 3 aromatic rings. The second-order valence-electron chi connectivity index (χ2n) is 8.46. The van der Waals surface area contributed by atoms with Crippen LogP contribution in [-0.4, -0.2) is 66.6 Å². The standard InChI is InChI=1S/C27H30F2N2O2S.2ClH/c1-33-25-4-2-3-5-26(25)34-19-24(32)18-30-14-16-31(17-15-30)27(20-6-10-22(28)11-7-20)21-8-12-23(29)13-9-21;;/h2-13,24,27,32H,14-19H2,1H3;2*1H. The molecule has 0 amide bonds. The molecule has 1 heterocycles. The van der Waals surface area contributed by atoms with Gasteiger partial charge in [0.2, 0.25) is 0 Å². The Morgan fingerprint density at radius 1 is 0.833 bits per heavy atom. The molecule has 4 nitrogen and oxygen atoms in total. The van der Waals surface area contributed by atoms with Crippen LogP contribution in [0.2, 0.25) is 0 Å². The van der Waals surface area contributed by atoms with Gasteiger partial charge in [-0.25, -0.2) is 8.78 Å². The Balaban J connectivity index is 0.00000228. The van der Waals surface area contributed by atoms with E-state index in [-0.39, 0.29) is 42.5 Å². The first-order chi connectivity index (χ1) is 16.5. The highest BCUT2D eigenvalue weighted by Gasteiger charge is 2.27. The third-order valence-corrected chi connectivity index (χ3v) is 7.31. The Morgan fingerprint density at radius 2 is 1.36 bits per heavy atom. The molecule has 1 aliphatic heterocycles. The summed E-state index contributed by atoms with van der Waals surface area (Å²) in [6.07, 6.45) is -0.452. The molecule has 0 aliphatic carbocycles. The van der Waals surface area contributed by atoms with Crippen molar-refractivity contribution in [3.05, 3.63) is 95.6 Å². The summed E-state index contributed by atoms with van der Waals surface area (Å²) in [5.74, 6) is 0.868. The molecule has 36 heavy (non-hydrogen) atoms. The molecule has 1 fully saturated rings. The average Bonchev–Trinajstić information content (AvgIpc) is 2.86. The second-order valence-corrected chi connectivity index (χ2v) is 9.52. The number of aliphatic hydroxyl groups excluding tert-OH is 1. The van der Waals surface area contributed by atoms with Gasteiger partial charge in [0.25, 0.3) is 0 Å². The van der Waals surface area contributed by atoms with Crippen molar-refractivity contribution in [1.82, 2.24) is 9.80 Å². The number of rotatable bonds is 9. The number of para-hydroxylation sites is 1. The van der Waals surface area contributed by atoms with Crippen molar-refractivity contribution in [3.63, 3.8) is 0 Å². The van der Waals surface area contributed by atoms with Crippen molar-refractivity contribution in [1.29, 1.82) is 0 Å². The van der Waals surface area contributed by atoms with E-state index in [0.29, 0.717) is 12.3 Å². The van der Waals surface area contributed by atoms with Gasteiger partial charge in [0, 0.05) is 43.4 Å². The maximum Gasteiger partial charge on any atom is 0.132 e. The second kappa shape index (κ2) is 14.8. The fourth-order valence-corrected chi connectivity index (χ4v) is 5.33. The van der Waals surface area contributed by atoms with Gasteiger partial charge < -0.3 is 9.84 Å². The van der Waals surface area contributed by atoms with E-state index in [0.717, 1.165) is 48.0 Å². The lowest BCUT2D eigenvalue weighted by atomic mass is 9.96. The molecule has 0 radical (unpaired) electrons. The predicted molar refractivity (Wildman–Crippen MR) is 147 cm³/mol. The minimum Gasteiger partial charge on any atom is -0.496 e. The smallest absolute Gasteiger partial charge is 0.132 e. The Labute approximate surface area is 228 Å². The van der Waals surface area contributed by atoms with Gasteiger partial charge in [-0.05, 0) is 47.5 Å². The van der Waals surface area contributed by atoms with Crippen LogP contribution >= 0.6 is 36.6 Å². The first kappa shape index (κ1) is 30.4. The Hall–Kier alpha value is -1.87. The maximum atomic E-state index is 13.5. The van der Waals surface area contributed by atoms with Crippen LogP contribution in [0.15, 0.2) is 77.7 Å². The Morgan fingerprint density at radius 3 is 1.89 bits per heavy atom. The van der Waals surface area contributed by atoms with Gasteiger partial charge in [0.15, 0.2) is 0 Å². The summed E-state index contributed by atoms with van der Waals surface area (Å²) >= 11 is 1.60. The van der Waals surface area contributed by atoms with E-state index in [4.69, 9.17) is 4.74 Å². The Bertz CT molecular complexity index is 1010. The van der Waals surface area contributed by atoms with Crippen molar-refractivity contribution in [2.75, 3.05) is 45.6 Å². The van der Waals surface area contributed by atoms with E-state index < -0.39 is 6.10 Å². The number of aliphatic hydroxyl groups is 1. The first-order valence-corrected chi connectivity index (χ1v) is 12.4. The van der Waals surface area contributed by atoms with Gasteiger partial charge in [0.1, 0.15) is 17.4 Å². The highest BCUT2D eigenvalue weighted by atomic mass is 35.5. The van der Waals surface area contributed by atoms with E-state index in [2.05, 4.69) is 9.80 Å².